The zero-order chi connectivity index (χ0) is 16.7. The number of rotatable bonds is 5. The number of ether oxygens (including phenoxy) is 1. The van der Waals surface area contributed by atoms with Crippen LogP contribution in [0.5, 0.6) is 5.75 Å². The summed E-state index contributed by atoms with van der Waals surface area (Å²) in [5.41, 5.74) is 1.40. The maximum atomic E-state index is 12.1. The van der Waals surface area contributed by atoms with Gasteiger partial charge in [-0.2, -0.15) is 4.68 Å². The zero-order valence-corrected chi connectivity index (χ0v) is 13.5. The van der Waals surface area contributed by atoms with Crippen molar-refractivity contribution in [2.75, 3.05) is 0 Å². The van der Waals surface area contributed by atoms with E-state index in [0.717, 1.165) is 39.2 Å². The van der Waals surface area contributed by atoms with Gasteiger partial charge in [-0.25, -0.2) is 9.48 Å². The van der Waals surface area contributed by atoms with Crippen LogP contribution in [0.4, 0.5) is 0 Å². The van der Waals surface area contributed by atoms with Gasteiger partial charge in [-0.1, -0.05) is 23.4 Å². The van der Waals surface area contributed by atoms with Gasteiger partial charge < -0.3 is 4.74 Å². The predicted molar refractivity (Wildman–Crippen MR) is 84.0 cm³/mol. The summed E-state index contributed by atoms with van der Waals surface area (Å²) in [4.78, 5) is 12.1. The van der Waals surface area contributed by atoms with Crippen molar-refractivity contribution in [1.82, 2.24) is 34.8 Å². The van der Waals surface area contributed by atoms with E-state index in [2.05, 4.69) is 20.7 Å². The molecule has 24 heavy (non-hydrogen) atoms. The molecule has 2 heterocycles. The summed E-state index contributed by atoms with van der Waals surface area (Å²) in [6.45, 7) is 2.24. The van der Waals surface area contributed by atoms with Gasteiger partial charge in [0, 0.05) is 7.05 Å². The number of hydrogen-bond acceptors (Lipinski definition) is 6. The van der Waals surface area contributed by atoms with Crippen molar-refractivity contribution >= 4 is 0 Å². The number of benzene rings is 1. The molecule has 9 nitrogen and oxygen atoms in total. The Morgan fingerprint density at radius 1 is 1.21 bits per heavy atom. The van der Waals surface area contributed by atoms with Gasteiger partial charge in [0.05, 0.1) is 6.04 Å². The predicted octanol–water partition coefficient (Wildman–Crippen LogP) is 0.780. The number of nitrogens with zero attached hydrogens (tertiary/aromatic N) is 7. The van der Waals surface area contributed by atoms with Crippen LogP contribution in [0.1, 0.15) is 30.1 Å². The molecular weight excluding hydrogens is 310 g/mol. The molecule has 1 fully saturated rings. The molecule has 0 N–H and O–H groups in total. The monoisotopic (exact) mass is 327 g/mol. The van der Waals surface area contributed by atoms with Gasteiger partial charge in [-0.15, -0.1) is 9.78 Å². The summed E-state index contributed by atoms with van der Waals surface area (Å²) in [6.07, 6.45) is 2.10. The third-order valence-corrected chi connectivity index (χ3v) is 4.04. The number of tetrazole rings is 1. The highest BCUT2D eigenvalue weighted by Crippen LogP contribution is 2.36. The van der Waals surface area contributed by atoms with Crippen LogP contribution < -0.4 is 10.4 Å². The van der Waals surface area contributed by atoms with E-state index in [0.29, 0.717) is 11.9 Å². The summed E-state index contributed by atoms with van der Waals surface area (Å²) < 4.78 is 10.1. The van der Waals surface area contributed by atoms with E-state index in [-0.39, 0.29) is 12.3 Å². The minimum absolute atomic E-state index is 0.257. The van der Waals surface area contributed by atoms with E-state index in [1.54, 1.807) is 7.05 Å². The lowest BCUT2D eigenvalue weighted by molar-refractivity contribution is 0.289. The lowest BCUT2D eigenvalue weighted by atomic mass is 10.2. The fourth-order valence-corrected chi connectivity index (χ4v) is 2.52. The highest BCUT2D eigenvalue weighted by Gasteiger charge is 2.30. The molecule has 1 aliphatic carbocycles. The van der Waals surface area contributed by atoms with Crippen LogP contribution >= 0.6 is 0 Å². The number of para-hydroxylation sites is 1. The van der Waals surface area contributed by atoms with Crippen LogP contribution in [-0.2, 0) is 13.7 Å². The Kier molecular flexibility index (Phi) is 3.40. The molecule has 1 saturated carbocycles. The third-order valence-electron chi connectivity index (χ3n) is 4.04. The van der Waals surface area contributed by atoms with Crippen molar-refractivity contribution < 1.29 is 4.74 Å². The minimum Gasteiger partial charge on any atom is -0.487 e. The van der Waals surface area contributed by atoms with E-state index in [1.165, 1.54) is 0 Å². The van der Waals surface area contributed by atoms with Crippen molar-refractivity contribution in [3.63, 3.8) is 0 Å². The Morgan fingerprint density at radius 3 is 2.67 bits per heavy atom. The molecule has 0 aliphatic heterocycles. The Hall–Kier alpha value is -2.97. The molecular formula is C15H17N7O2. The largest absolute Gasteiger partial charge is 0.487 e. The number of aromatic nitrogens is 7. The molecule has 0 spiro atoms. The molecule has 1 aromatic carbocycles. The Labute approximate surface area is 137 Å². The lowest BCUT2D eigenvalue weighted by Crippen LogP contribution is -2.23. The van der Waals surface area contributed by atoms with E-state index >= 15 is 0 Å². The Bertz CT molecular complexity index is 935. The molecule has 3 aromatic rings. The van der Waals surface area contributed by atoms with Crippen LogP contribution in [0.25, 0.3) is 5.82 Å². The average Bonchev–Trinajstić information content (AvgIpc) is 3.26. The SMILES string of the molecule is Cc1ccccc1OCc1c(-n2nnn(C)c2=O)nnn1C1CC1. The topological polar surface area (TPSA) is 92.7 Å². The van der Waals surface area contributed by atoms with Crippen molar-refractivity contribution in [1.29, 1.82) is 0 Å². The first-order valence-corrected chi connectivity index (χ1v) is 7.77. The van der Waals surface area contributed by atoms with Gasteiger partial charge in [-0.3, -0.25) is 0 Å². The van der Waals surface area contributed by atoms with Gasteiger partial charge in [0.2, 0.25) is 5.82 Å². The van der Waals surface area contributed by atoms with E-state index in [9.17, 15) is 4.79 Å². The fraction of sp³-hybridized carbons (Fsp3) is 0.400. The van der Waals surface area contributed by atoms with E-state index < -0.39 is 0 Å². The van der Waals surface area contributed by atoms with Crippen molar-refractivity contribution in [3.05, 3.63) is 46.0 Å². The summed E-state index contributed by atoms with van der Waals surface area (Å²) in [5.74, 6) is 1.16. The average molecular weight is 327 g/mol. The molecule has 4 rings (SSSR count). The van der Waals surface area contributed by atoms with Gasteiger partial charge in [-0.05, 0) is 41.8 Å². The second-order valence-electron chi connectivity index (χ2n) is 5.89. The van der Waals surface area contributed by atoms with E-state index in [1.807, 2.05) is 35.9 Å². The third kappa shape index (κ3) is 2.47. The molecule has 2 aromatic heterocycles. The zero-order valence-electron chi connectivity index (χ0n) is 13.5. The van der Waals surface area contributed by atoms with Crippen molar-refractivity contribution in [3.8, 4) is 11.6 Å². The lowest BCUT2D eigenvalue weighted by Gasteiger charge is -2.10. The highest BCUT2D eigenvalue weighted by atomic mass is 16.5. The molecule has 0 saturated heterocycles. The summed E-state index contributed by atoms with van der Waals surface area (Å²) in [5, 5.41) is 15.9. The second-order valence-corrected chi connectivity index (χ2v) is 5.89. The van der Waals surface area contributed by atoms with Crippen molar-refractivity contribution in [2.24, 2.45) is 7.05 Å². The number of aryl methyl sites for hydroxylation is 2. The maximum absolute atomic E-state index is 12.1. The summed E-state index contributed by atoms with van der Waals surface area (Å²) >= 11 is 0. The number of hydrogen-bond donors (Lipinski definition) is 0. The van der Waals surface area contributed by atoms with Gasteiger partial charge in [0.25, 0.3) is 0 Å². The fourth-order valence-electron chi connectivity index (χ4n) is 2.52. The van der Waals surface area contributed by atoms with Crippen LogP contribution in [0.15, 0.2) is 29.1 Å². The van der Waals surface area contributed by atoms with Crippen molar-refractivity contribution in [2.45, 2.75) is 32.4 Å². The molecule has 0 radical (unpaired) electrons. The van der Waals surface area contributed by atoms with Crippen LogP contribution in [0.2, 0.25) is 0 Å². The first-order valence-electron chi connectivity index (χ1n) is 7.77. The molecule has 0 amide bonds. The molecule has 0 unspecified atom stereocenters. The quantitative estimate of drug-likeness (QED) is 0.687. The van der Waals surface area contributed by atoms with E-state index in [4.69, 9.17) is 4.74 Å². The van der Waals surface area contributed by atoms with Crippen LogP contribution in [0, 0.1) is 6.92 Å². The Balaban J connectivity index is 1.70. The smallest absolute Gasteiger partial charge is 0.369 e. The minimum atomic E-state index is -0.366. The Morgan fingerprint density at radius 2 is 2.00 bits per heavy atom. The molecule has 9 heteroatoms. The molecule has 0 atom stereocenters. The molecule has 124 valence electrons. The van der Waals surface area contributed by atoms with Gasteiger partial charge in [0.1, 0.15) is 18.1 Å². The standard InChI is InChI=1S/C15H17N7O2/c1-10-5-3-4-6-13(10)24-9-12-14(16-17-21(12)11-7-8-11)22-15(23)20(2)18-19-22/h3-6,11H,7-9H2,1-2H3. The molecule has 0 bridgehead atoms. The highest BCUT2D eigenvalue weighted by molar-refractivity contribution is 5.33. The maximum Gasteiger partial charge on any atom is 0.369 e. The van der Waals surface area contributed by atoms with Gasteiger partial charge >= 0.3 is 5.69 Å². The summed E-state index contributed by atoms with van der Waals surface area (Å²) in [7, 11) is 1.54. The molecule has 1 aliphatic rings. The first kappa shape index (κ1) is 14.6. The second kappa shape index (κ2) is 5.59. The van der Waals surface area contributed by atoms with Gasteiger partial charge in [0.15, 0.2) is 0 Å². The normalized spacial score (nSPS) is 14.1. The van der Waals surface area contributed by atoms with Crippen LogP contribution in [0.3, 0.4) is 0 Å². The van der Waals surface area contributed by atoms with Crippen LogP contribution in [-0.4, -0.2) is 34.8 Å². The summed E-state index contributed by atoms with van der Waals surface area (Å²) in [6, 6.07) is 8.10. The first-order chi connectivity index (χ1) is 11.6.